The second-order valence-electron chi connectivity index (χ2n) is 7.72. The molecule has 2 atom stereocenters. The molecule has 3 nitrogen and oxygen atoms in total. The predicted molar refractivity (Wildman–Crippen MR) is 114 cm³/mol. The smallest absolute Gasteiger partial charge is 0.229 e. The molecule has 1 aromatic carbocycles. The van der Waals surface area contributed by atoms with E-state index in [4.69, 9.17) is 0 Å². The van der Waals surface area contributed by atoms with Gasteiger partial charge in [-0.05, 0) is 61.6 Å². The van der Waals surface area contributed by atoms with E-state index in [0.717, 1.165) is 41.7 Å². The van der Waals surface area contributed by atoms with Crippen LogP contribution in [-0.2, 0) is 11.2 Å². The van der Waals surface area contributed by atoms with Gasteiger partial charge in [0.2, 0.25) is 5.91 Å². The molecule has 2 saturated carbocycles. The first-order chi connectivity index (χ1) is 12.7. The molecule has 5 rings (SSSR count). The Balaban J connectivity index is 1.31. The number of aromatic nitrogens is 1. The number of carbonyl (C=O) groups is 1. The van der Waals surface area contributed by atoms with Crippen molar-refractivity contribution in [3.8, 4) is 0 Å². The molecule has 1 amide bonds. The van der Waals surface area contributed by atoms with E-state index < -0.39 is 0 Å². The minimum atomic E-state index is 0.165. The van der Waals surface area contributed by atoms with E-state index in [1.807, 2.05) is 0 Å². The molecule has 2 aliphatic carbocycles. The Hall–Kier alpha value is -0.720. The number of nitrogens with zero attached hydrogens (tertiary/aromatic N) is 1. The molecular weight excluding hydrogens is 380 g/mol. The standard InChI is InChI=1S/C20H24N2OS3/c1-2-12-3-6-16-17(9-12)26-19(21-16)22-18(23)13-10-14-4-5-15(11-13)20(14)24-7-8-25-20/h3,6,9,13-15H,2,4-5,7-8,10-11H2,1H3,(H,21,22,23). The zero-order valence-corrected chi connectivity index (χ0v) is 17.4. The van der Waals surface area contributed by atoms with Crippen LogP contribution in [0.3, 0.4) is 0 Å². The molecule has 2 bridgehead atoms. The normalized spacial score (nSPS) is 29.5. The average Bonchev–Trinajstić information content (AvgIpc) is 3.31. The Bertz CT molecular complexity index is 827. The number of aryl methyl sites for hydroxylation is 1. The Kier molecular flexibility index (Phi) is 4.49. The van der Waals surface area contributed by atoms with Crippen molar-refractivity contribution in [2.45, 2.75) is 43.1 Å². The van der Waals surface area contributed by atoms with Crippen molar-refractivity contribution in [3.63, 3.8) is 0 Å². The van der Waals surface area contributed by atoms with Crippen molar-refractivity contribution >= 4 is 56.1 Å². The Labute approximate surface area is 167 Å². The van der Waals surface area contributed by atoms with Crippen LogP contribution in [0.2, 0.25) is 0 Å². The van der Waals surface area contributed by atoms with Crippen molar-refractivity contribution in [1.82, 2.24) is 4.98 Å². The largest absolute Gasteiger partial charge is 0.302 e. The second kappa shape index (κ2) is 6.71. The van der Waals surface area contributed by atoms with Crippen LogP contribution in [-0.4, -0.2) is 26.5 Å². The van der Waals surface area contributed by atoms with Crippen LogP contribution in [0.4, 0.5) is 5.13 Å². The first-order valence-corrected chi connectivity index (χ1v) is 12.4. The van der Waals surface area contributed by atoms with Crippen molar-refractivity contribution in [1.29, 1.82) is 0 Å². The third-order valence-corrected chi connectivity index (χ3v) is 11.3. The van der Waals surface area contributed by atoms with Crippen LogP contribution in [0.25, 0.3) is 10.2 Å². The molecule has 2 heterocycles. The van der Waals surface area contributed by atoms with Crippen molar-refractivity contribution < 1.29 is 4.79 Å². The number of nitrogens with one attached hydrogen (secondary N) is 1. The number of hydrogen-bond acceptors (Lipinski definition) is 5. The van der Waals surface area contributed by atoms with Crippen LogP contribution < -0.4 is 5.32 Å². The lowest BCUT2D eigenvalue weighted by atomic mass is 9.79. The number of benzene rings is 1. The van der Waals surface area contributed by atoms with Gasteiger partial charge in [-0.3, -0.25) is 4.79 Å². The summed E-state index contributed by atoms with van der Waals surface area (Å²) in [5, 5.41) is 3.90. The average molecular weight is 405 g/mol. The highest BCUT2D eigenvalue weighted by Gasteiger charge is 2.57. The van der Waals surface area contributed by atoms with Crippen molar-refractivity contribution in [3.05, 3.63) is 23.8 Å². The summed E-state index contributed by atoms with van der Waals surface area (Å²) in [5.41, 5.74) is 2.31. The van der Waals surface area contributed by atoms with Gasteiger partial charge in [-0.1, -0.05) is 24.3 Å². The van der Waals surface area contributed by atoms with E-state index in [1.165, 1.54) is 34.6 Å². The fourth-order valence-electron chi connectivity index (χ4n) is 5.06. The van der Waals surface area contributed by atoms with Gasteiger partial charge in [0.25, 0.3) is 0 Å². The molecule has 6 heteroatoms. The van der Waals surface area contributed by atoms with Crippen LogP contribution >= 0.6 is 34.9 Å². The first kappa shape index (κ1) is 17.4. The molecule has 3 aliphatic rings. The minimum absolute atomic E-state index is 0.165. The number of thioether (sulfide) groups is 2. The van der Waals surface area contributed by atoms with Crippen LogP contribution in [0.15, 0.2) is 18.2 Å². The van der Waals surface area contributed by atoms with Gasteiger partial charge in [0.1, 0.15) is 0 Å². The van der Waals surface area contributed by atoms with E-state index in [2.05, 4.69) is 58.9 Å². The van der Waals surface area contributed by atoms with Gasteiger partial charge in [0.05, 0.1) is 14.3 Å². The predicted octanol–water partition coefficient (Wildman–Crippen LogP) is 5.41. The summed E-state index contributed by atoms with van der Waals surface area (Å²) in [4.78, 5) is 17.6. The molecule has 1 saturated heterocycles. The quantitative estimate of drug-likeness (QED) is 0.743. The number of amides is 1. The van der Waals surface area contributed by atoms with Crippen LogP contribution in [0, 0.1) is 17.8 Å². The molecule has 138 valence electrons. The van der Waals surface area contributed by atoms with Crippen molar-refractivity contribution in [2.75, 3.05) is 16.8 Å². The van der Waals surface area contributed by atoms with E-state index in [0.29, 0.717) is 4.08 Å². The molecule has 26 heavy (non-hydrogen) atoms. The van der Waals surface area contributed by atoms with E-state index >= 15 is 0 Å². The molecule has 1 aromatic heterocycles. The van der Waals surface area contributed by atoms with Crippen LogP contribution in [0.1, 0.15) is 38.2 Å². The Morgan fingerprint density at radius 1 is 1.23 bits per heavy atom. The molecule has 2 unspecified atom stereocenters. The third-order valence-electron chi connectivity index (χ3n) is 6.34. The topological polar surface area (TPSA) is 42.0 Å². The molecule has 1 N–H and O–H groups in total. The summed E-state index contributed by atoms with van der Waals surface area (Å²) in [6, 6.07) is 6.39. The first-order valence-electron chi connectivity index (χ1n) is 9.66. The van der Waals surface area contributed by atoms with Gasteiger partial charge in [-0.15, -0.1) is 23.5 Å². The minimum Gasteiger partial charge on any atom is -0.302 e. The van der Waals surface area contributed by atoms with E-state index in [-0.39, 0.29) is 11.8 Å². The van der Waals surface area contributed by atoms with E-state index in [9.17, 15) is 4.79 Å². The second-order valence-corrected chi connectivity index (χ2v) is 11.8. The van der Waals surface area contributed by atoms with Gasteiger partial charge in [-0.25, -0.2) is 4.98 Å². The summed E-state index contributed by atoms with van der Waals surface area (Å²) >= 11 is 5.98. The molecule has 3 fully saturated rings. The molecular formula is C20H24N2OS3. The zero-order chi connectivity index (χ0) is 17.7. The van der Waals surface area contributed by atoms with Gasteiger partial charge >= 0.3 is 0 Å². The summed E-state index contributed by atoms with van der Waals surface area (Å²) in [5.74, 6) is 4.38. The monoisotopic (exact) mass is 404 g/mol. The highest BCUT2D eigenvalue weighted by atomic mass is 32.2. The lowest BCUT2D eigenvalue weighted by Crippen LogP contribution is -2.41. The van der Waals surface area contributed by atoms with Crippen molar-refractivity contribution in [2.24, 2.45) is 17.8 Å². The van der Waals surface area contributed by atoms with Gasteiger partial charge < -0.3 is 5.32 Å². The molecule has 1 aliphatic heterocycles. The summed E-state index contributed by atoms with van der Waals surface area (Å²) in [7, 11) is 0. The van der Waals surface area contributed by atoms with Gasteiger partial charge in [0.15, 0.2) is 5.13 Å². The summed E-state index contributed by atoms with van der Waals surface area (Å²) < 4.78 is 1.62. The van der Waals surface area contributed by atoms with Gasteiger partial charge in [-0.2, -0.15) is 0 Å². The fraction of sp³-hybridized carbons (Fsp3) is 0.600. The SMILES string of the molecule is CCc1ccc2nc(NC(=O)C3CC4CCC(C3)C43SCCS3)sc2c1. The number of anilines is 1. The molecule has 1 spiro atoms. The number of thiazole rings is 1. The third kappa shape index (κ3) is 2.80. The maximum Gasteiger partial charge on any atom is 0.229 e. The zero-order valence-electron chi connectivity index (χ0n) is 15.0. The highest BCUT2D eigenvalue weighted by Crippen LogP contribution is 2.65. The maximum atomic E-state index is 12.9. The Morgan fingerprint density at radius 2 is 1.96 bits per heavy atom. The number of rotatable bonds is 3. The number of hydrogen-bond donors (Lipinski definition) is 1. The molecule has 2 aromatic rings. The highest BCUT2D eigenvalue weighted by molar-refractivity contribution is 8.21. The molecule has 0 radical (unpaired) electrons. The van der Waals surface area contributed by atoms with E-state index in [1.54, 1.807) is 11.3 Å². The van der Waals surface area contributed by atoms with Gasteiger partial charge in [0, 0.05) is 17.4 Å². The summed E-state index contributed by atoms with van der Waals surface area (Å²) in [6.07, 6.45) is 5.78. The fourth-order valence-corrected chi connectivity index (χ4v) is 9.93. The Morgan fingerprint density at radius 3 is 2.65 bits per heavy atom. The lowest BCUT2D eigenvalue weighted by molar-refractivity contribution is -0.121. The number of carbonyl (C=O) groups excluding carboxylic acids is 1. The number of fused-ring (bicyclic) bond motifs is 1. The lowest BCUT2D eigenvalue weighted by Gasteiger charge is -2.42. The maximum absolute atomic E-state index is 12.9. The summed E-state index contributed by atoms with van der Waals surface area (Å²) in [6.45, 7) is 2.16. The van der Waals surface area contributed by atoms with Crippen LogP contribution in [0.5, 0.6) is 0 Å².